The monoisotopic (exact) mass is 360 g/mol. The molecule has 1 saturated heterocycles. The third-order valence-electron chi connectivity index (χ3n) is 5.48. The number of benzene rings is 2. The van der Waals surface area contributed by atoms with Crippen LogP contribution in [0.2, 0.25) is 0 Å². The smallest absolute Gasteiger partial charge is 0.237 e. The van der Waals surface area contributed by atoms with Crippen molar-refractivity contribution in [2.45, 2.75) is 5.92 Å². The summed E-state index contributed by atoms with van der Waals surface area (Å²) in [6.45, 7) is 1.09. The lowest BCUT2D eigenvalue weighted by molar-refractivity contribution is -0.137. The van der Waals surface area contributed by atoms with Gasteiger partial charge in [0.05, 0.1) is 13.1 Å². The number of likely N-dealkylation sites (N-methyl/N-ethyl adjacent to an activating group) is 1. The summed E-state index contributed by atoms with van der Waals surface area (Å²) in [6, 6.07) is 18.6. The fourth-order valence-electron chi connectivity index (χ4n) is 4.29. The molecule has 0 bridgehead atoms. The maximum absolute atomic E-state index is 12.9. The van der Waals surface area contributed by atoms with Crippen LogP contribution in [-0.2, 0) is 9.59 Å². The molecule has 2 aromatic rings. The Balaban J connectivity index is 1.76. The zero-order valence-electron chi connectivity index (χ0n) is 15.8. The molecule has 0 radical (unpaired) electrons. The summed E-state index contributed by atoms with van der Waals surface area (Å²) in [5, 5.41) is 0. The number of rotatable bonds is 3. The zero-order chi connectivity index (χ0) is 19.0. The summed E-state index contributed by atoms with van der Waals surface area (Å²) >= 11 is 0. The third kappa shape index (κ3) is 3.33. The first-order valence-electron chi connectivity index (χ1n) is 9.36. The highest BCUT2D eigenvalue weighted by Gasteiger charge is 2.41. The van der Waals surface area contributed by atoms with E-state index in [1.807, 2.05) is 55.4 Å². The molecule has 0 N–H and O–H groups in total. The highest BCUT2D eigenvalue weighted by Crippen LogP contribution is 2.44. The zero-order valence-corrected chi connectivity index (χ0v) is 15.8. The van der Waals surface area contributed by atoms with Crippen molar-refractivity contribution in [2.75, 3.05) is 33.7 Å². The van der Waals surface area contributed by atoms with E-state index in [2.05, 4.69) is 24.3 Å². The van der Waals surface area contributed by atoms with Crippen LogP contribution in [0.4, 0.5) is 0 Å². The van der Waals surface area contributed by atoms with E-state index in [1.165, 1.54) is 11.1 Å². The van der Waals surface area contributed by atoms with Crippen molar-refractivity contribution in [3.05, 3.63) is 76.9 Å². The first-order chi connectivity index (χ1) is 13.0. The molecule has 0 saturated carbocycles. The van der Waals surface area contributed by atoms with Crippen LogP contribution in [0.25, 0.3) is 6.08 Å². The molecular formula is C23H24N2O2. The first-order valence-corrected chi connectivity index (χ1v) is 9.36. The molecule has 4 rings (SSSR count). The van der Waals surface area contributed by atoms with Crippen LogP contribution < -0.4 is 0 Å². The lowest BCUT2D eigenvalue weighted by Crippen LogP contribution is -2.50. The third-order valence-corrected chi connectivity index (χ3v) is 5.48. The molecule has 0 spiro atoms. The van der Waals surface area contributed by atoms with Crippen molar-refractivity contribution in [3.63, 3.8) is 0 Å². The second-order valence-corrected chi connectivity index (χ2v) is 7.66. The second-order valence-electron chi connectivity index (χ2n) is 7.66. The highest BCUT2D eigenvalue weighted by molar-refractivity contribution is 6.05. The number of amides is 1. The fourth-order valence-corrected chi connectivity index (χ4v) is 4.29. The minimum Gasteiger partial charge on any atom is -0.333 e. The summed E-state index contributed by atoms with van der Waals surface area (Å²) < 4.78 is 0. The Hall–Kier alpha value is -2.72. The number of hydrogen-bond acceptors (Lipinski definition) is 3. The van der Waals surface area contributed by atoms with Gasteiger partial charge in [-0.15, -0.1) is 0 Å². The van der Waals surface area contributed by atoms with E-state index < -0.39 is 0 Å². The van der Waals surface area contributed by atoms with Crippen LogP contribution in [0, 0.1) is 5.92 Å². The molecular weight excluding hydrogens is 336 g/mol. The molecule has 2 unspecified atom stereocenters. The maximum atomic E-state index is 12.9. The Morgan fingerprint density at radius 1 is 1.07 bits per heavy atom. The molecule has 2 atom stereocenters. The first kappa shape index (κ1) is 17.7. The van der Waals surface area contributed by atoms with Crippen molar-refractivity contribution in [3.8, 4) is 0 Å². The van der Waals surface area contributed by atoms with Gasteiger partial charge in [-0.25, -0.2) is 0 Å². The van der Waals surface area contributed by atoms with Crippen LogP contribution in [0.5, 0.6) is 0 Å². The Morgan fingerprint density at radius 3 is 2.52 bits per heavy atom. The van der Waals surface area contributed by atoms with Crippen molar-refractivity contribution >= 4 is 17.8 Å². The fraction of sp³-hybridized carbons (Fsp3) is 0.304. The standard InChI is InChI=1S/C23H24N2O2/c1-24(2)15-22(27)25-13-20-19(21(26)14-25)12-17-10-6-7-11-18(17)23(20)16-8-4-3-5-9-16/h3-12,20,23H,13-15H2,1-2H3. The molecule has 1 heterocycles. The lowest BCUT2D eigenvalue weighted by Gasteiger charge is -2.41. The van der Waals surface area contributed by atoms with Gasteiger partial charge < -0.3 is 9.80 Å². The number of ketones is 1. The molecule has 27 heavy (non-hydrogen) atoms. The lowest BCUT2D eigenvalue weighted by atomic mass is 9.69. The number of nitrogens with zero attached hydrogens (tertiary/aromatic N) is 2. The summed E-state index contributed by atoms with van der Waals surface area (Å²) in [5.74, 6) is 0.155. The van der Waals surface area contributed by atoms with Gasteiger partial charge >= 0.3 is 0 Å². The summed E-state index contributed by atoms with van der Waals surface area (Å²) in [4.78, 5) is 29.2. The van der Waals surface area contributed by atoms with E-state index in [1.54, 1.807) is 4.90 Å². The number of likely N-dealkylation sites (tertiary alicyclic amines) is 1. The van der Waals surface area contributed by atoms with E-state index in [0.717, 1.165) is 11.1 Å². The quantitative estimate of drug-likeness (QED) is 0.845. The van der Waals surface area contributed by atoms with E-state index in [4.69, 9.17) is 0 Å². The van der Waals surface area contributed by atoms with Crippen molar-refractivity contribution in [1.29, 1.82) is 0 Å². The average Bonchev–Trinajstić information content (AvgIpc) is 2.66. The number of carbonyl (C=O) groups is 2. The Kier molecular flexibility index (Phi) is 4.66. The maximum Gasteiger partial charge on any atom is 0.237 e. The number of fused-ring (bicyclic) bond motifs is 2. The van der Waals surface area contributed by atoms with Gasteiger partial charge in [-0.1, -0.05) is 54.6 Å². The van der Waals surface area contributed by atoms with Gasteiger partial charge in [-0.05, 0) is 36.9 Å². The van der Waals surface area contributed by atoms with Gasteiger partial charge in [0, 0.05) is 24.0 Å². The molecule has 4 nitrogen and oxygen atoms in total. The van der Waals surface area contributed by atoms with Gasteiger partial charge in [-0.2, -0.15) is 0 Å². The Labute approximate surface area is 160 Å². The van der Waals surface area contributed by atoms with Crippen molar-refractivity contribution in [2.24, 2.45) is 5.92 Å². The summed E-state index contributed by atoms with van der Waals surface area (Å²) in [6.07, 6.45) is 2.04. The van der Waals surface area contributed by atoms with Gasteiger partial charge in [0.25, 0.3) is 0 Å². The van der Waals surface area contributed by atoms with Gasteiger partial charge in [0.2, 0.25) is 5.91 Å². The molecule has 1 aliphatic carbocycles. The van der Waals surface area contributed by atoms with Gasteiger partial charge in [-0.3, -0.25) is 9.59 Å². The van der Waals surface area contributed by atoms with Crippen molar-refractivity contribution < 1.29 is 9.59 Å². The molecule has 4 heteroatoms. The summed E-state index contributed by atoms with van der Waals surface area (Å²) in [5.41, 5.74) is 4.39. The number of Topliss-reactive ketones (excluding diaryl/α,β-unsaturated/α-hetero) is 1. The Bertz CT molecular complexity index is 902. The predicted octanol–water partition coefficient (Wildman–Crippen LogP) is 2.80. The highest BCUT2D eigenvalue weighted by atomic mass is 16.2. The minimum atomic E-state index is -0.00494. The number of hydrogen-bond donors (Lipinski definition) is 0. The van der Waals surface area contributed by atoms with Crippen LogP contribution in [0.1, 0.15) is 22.6 Å². The molecule has 138 valence electrons. The van der Waals surface area contributed by atoms with Crippen LogP contribution in [0.15, 0.2) is 60.2 Å². The van der Waals surface area contributed by atoms with Crippen LogP contribution >= 0.6 is 0 Å². The minimum absolute atomic E-state index is 0.00494. The number of carbonyl (C=O) groups excluding carboxylic acids is 2. The van der Waals surface area contributed by atoms with E-state index in [-0.39, 0.29) is 30.1 Å². The predicted molar refractivity (Wildman–Crippen MR) is 106 cm³/mol. The van der Waals surface area contributed by atoms with Gasteiger partial charge in [0.1, 0.15) is 0 Å². The van der Waals surface area contributed by atoms with Crippen molar-refractivity contribution in [1.82, 2.24) is 9.80 Å². The average molecular weight is 360 g/mol. The SMILES string of the molecule is CN(C)CC(=O)N1CC(=O)C2=Cc3ccccc3C(c3ccccc3)C2C1. The van der Waals surface area contributed by atoms with E-state index in [9.17, 15) is 9.59 Å². The summed E-state index contributed by atoms with van der Waals surface area (Å²) in [7, 11) is 3.75. The number of piperidine rings is 1. The molecule has 1 fully saturated rings. The molecule has 1 aliphatic heterocycles. The van der Waals surface area contributed by atoms with Crippen LogP contribution in [0.3, 0.4) is 0 Å². The normalized spacial score (nSPS) is 21.5. The van der Waals surface area contributed by atoms with Crippen LogP contribution in [-0.4, -0.2) is 55.2 Å². The van der Waals surface area contributed by atoms with E-state index in [0.29, 0.717) is 13.1 Å². The molecule has 0 aromatic heterocycles. The largest absolute Gasteiger partial charge is 0.333 e. The molecule has 2 aliphatic rings. The van der Waals surface area contributed by atoms with Gasteiger partial charge in [0.15, 0.2) is 5.78 Å². The Morgan fingerprint density at radius 2 is 1.78 bits per heavy atom. The second kappa shape index (κ2) is 7.12. The molecule has 2 aromatic carbocycles. The topological polar surface area (TPSA) is 40.6 Å². The molecule has 1 amide bonds. The van der Waals surface area contributed by atoms with E-state index >= 15 is 0 Å².